The Morgan fingerprint density at radius 1 is 1.32 bits per heavy atom. The minimum Gasteiger partial charge on any atom is -0.391 e. The van der Waals surface area contributed by atoms with Gasteiger partial charge in [-0.15, -0.1) is 0 Å². The first-order chi connectivity index (χ1) is 9.09. The number of aliphatic hydroxyl groups excluding tert-OH is 1. The number of nitrogens with one attached hydrogen (secondary N) is 1. The predicted molar refractivity (Wildman–Crippen MR) is 86.5 cm³/mol. The monoisotopic (exact) mass is 342 g/mol. The lowest BCUT2D eigenvalue weighted by molar-refractivity contribution is 0.144. The van der Waals surface area contributed by atoms with Crippen molar-refractivity contribution in [2.75, 3.05) is 5.32 Å². The van der Waals surface area contributed by atoms with Crippen molar-refractivity contribution in [2.45, 2.75) is 44.2 Å². The van der Waals surface area contributed by atoms with Crippen molar-refractivity contribution >= 4 is 38.8 Å². The van der Waals surface area contributed by atoms with Crippen LogP contribution in [0.2, 0.25) is 0 Å². The molecule has 2 rings (SSSR count). The smallest absolute Gasteiger partial charge is 0.107 e. The topological polar surface area (TPSA) is 58.3 Å². The van der Waals surface area contributed by atoms with Crippen LogP contribution in [0.4, 0.5) is 5.69 Å². The lowest BCUT2D eigenvalue weighted by Crippen LogP contribution is -2.33. The maximum absolute atomic E-state index is 10.2. The fraction of sp³-hybridized carbons (Fsp3) is 0.500. The molecule has 1 saturated carbocycles. The van der Waals surface area contributed by atoms with Gasteiger partial charge >= 0.3 is 0 Å². The average Bonchev–Trinajstić information content (AvgIpc) is 2.54. The lowest BCUT2D eigenvalue weighted by atomic mass is 10.0. The zero-order valence-electron chi connectivity index (χ0n) is 10.7. The van der Waals surface area contributed by atoms with Gasteiger partial charge in [0.25, 0.3) is 0 Å². The van der Waals surface area contributed by atoms with Crippen molar-refractivity contribution in [1.82, 2.24) is 0 Å². The van der Waals surface area contributed by atoms with E-state index in [0.717, 1.165) is 41.4 Å². The van der Waals surface area contributed by atoms with E-state index in [1.54, 1.807) is 0 Å². The van der Waals surface area contributed by atoms with Crippen molar-refractivity contribution < 1.29 is 5.11 Å². The number of thiocarbonyl (C=S) groups is 1. The zero-order valence-corrected chi connectivity index (χ0v) is 13.1. The highest BCUT2D eigenvalue weighted by Crippen LogP contribution is 2.28. The minimum atomic E-state index is -0.305. The molecular formula is C14H19BrN2OS. The van der Waals surface area contributed by atoms with Gasteiger partial charge in [-0.2, -0.15) is 0 Å². The molecule has 1 aliphatic carbocycles. The van der Waals surface area contributed by atoms with Gasteiger partial charge in [0.15, 0.2) is 0 Å². The number of nitrogens with two attached hydrogens (primary N) is 1. The molecule has 0 aromatic heterocycles. The number of anilines is 1. The Bertz CT molecular complexity index is 467. The van der Waals surface area contributed by atoms with Crippen molar-refractivity contribution in [3.63, 3.8) is 0 Å². The number of benzene rings is 1. The normalized spacial score (nSPS) is 23.7. The molecule has 1 aliphatic rings. The Hall–Kier alpha value is -0.650. The van der Waals surface area contributed by atoms with Gasteiger partial charge in [0, 0.05) is 15.7 Å². The number of hydrogen-bond acceptors (Lipinski definition) is 3. The second-order valence-corrected chi connectivity index (χ2v) is 6.28. The molecule has 1 aromatic carbocycles. The van der Waals surface area contributed by atoms with E-state index in [1.165, 1.54) is 6.42 Å². The van der Waals surface area contributed by atoms with Gasteiger partial charge in [-0.1, -0.05) is 37.5 Å². The molecule has 1 fully saturated rings. The van der Waals surface area contributed by atoms with Crippen LogP contribution in [0.3, 0.4) is 0 Å². The fourth-order valence-corrected chi connectivity index (χ4v) is 3.48. The number of aliphatic hydroxyl groups is 1. The standard InChI is InChI=1S/C14H19BrN2OS/c15-9-5-4-7-11(13(9)14(16)19)17-10-6-2-1-3-8-12(10)18/h4-5,7,10,12,17-18H,1-3,6,8H2,(H2,16,19). The first-order valence-corrected chi connectivity index (χ1v) is 7.82. The number of rotatable bonds is 3. The van der Waals surface area contributed by atoms with E-state index >= 15 is 0 Å². The molecular weight excluding hydrogens is 324 g/mol. The average molecular weight is 343 g/mol. The molecule has 3 nitrogen and oxygen atoms in total. The highest BCUT2D eigenvalue weighted by Gasteiger charge is 2.22. The van der Waals surface area contributed by atoms with E-state index in [9.17, 15) is 5.11 Å². The van der Waals surface area contributed by atoms with E-state index in [2.05, 4.69) is 21.2 Å². The molecule has 5 heteroatoms. The van der Waals surface area contributed by atoms with Crippen LogP contribution in [0.1, 0.15) is 37.7 Å². The Morgan fingerprint density at radius 2 is 2.05 bits per heavy atom. The van der Waals surface area contributed by atoms with E-state index in [-0.39, 0.29) is 12.1 Å². The Balaban J connectivity index is 2.22. The van der Waals surface area contributed by atoms with Crippen LogP contribution >= 0.6 is 28.1 Å². The third-order valence-corrected chi connectivity index (χ3v) is 4.45. The van der Waals surface area contributed by atoms with Crippen molar-refractivity contribution in [3.8, 4) is 0 Å². The number of hydrogen-bond donors (Lipinski definition) is 3. The summed E-state index contributed by atoms with van der Waals surface area (Å²) in [6.07, 6.45) is 4.96. The first-order valence-electron chi connectivity index (χ1n) is 6.62. The summed E-state index contributed by atoms with van der Waals surface area (Å²) >= 11 is 8.58. The van der Waals surface area contributed by atoms with E-state index < -0.39 is 0 Å². The highest BCUT2D eigenvalue weighted by molar-refractivity contribution is 9.10. The van der Waals surface area contributed by atoms with E-state index in [1.807, 2.05) is 18.2 Å². The molecule has 0 heterocycles. The van der Waals surface area contributed by atoms with Gasteiger partial charge in [-0.3, -0.25) is 0 Å². The summed E-state index contributed by atoms with van der Waals surface area (Å²) in [7, 11) is 0. The summed E-state index contributed by atoms with van der Waals surface area (Å²) in [5, 5.41) is 13.6. The molecule has 4 N–H and O–H groups in total. The zero-order chi connectivity index (χ0) is 13.8. The van der Waals surface area contributed by atoms with Gasteiger partial charge in [0.2, 0.25) is 0 Å². The van der Waals surface area contributed by atoms with Crippen LogP contribution < -0.4 is 11.1 Å². The van der Waals surface area contributed by atoms with Crippen LogP contribution in [-0.4, -0.2) is 22.2 Å². The lowest BCUT2D eigenvalue weighted by Gasteiger charge is -2.24. The van der Waals surface area contributed by atoms with Crippen molar-refractivity contribution in [1.29, 1.82) is 0 Å². The molecule has 1 aromatic rings. The van der Waals surface area contributed by atoms with Gasteiger partial charge in [-0.25, -0.2) is 0 Å². The summed E-state index contributed by atoms with van der Waals surface area (Å²) in [6.45, 7) is 0. The SMILES string of the molecule is NC(=S)c1c(Br)cccc1NC1CCCCCC1O. The molecule has 0 spiro atoms. The van der Waals surface area contributed by atoms with Crippen LogP contribution in [-0.2, 0) is 0 Å². The minimum absolute atomic E-state index is 0.0740. The largest absolute Gasteiger partial charge is 0.391 e. The summed E-state index contributed by atoms with van der Waals surface area (Å²) in [5.74, 6) is 0. The summed E-state index contributed by atoms with van der Waals surface area (Å²) < 4.78 is 0.883. The molecule has 0 radical (unpaired) electrons. The quantitative estimate of drug-likeness (QED) is 0.583. The molecule has 2 atom stereocenters. The Morgan fingerprint density at radius 3 is 2.79 bits per heavy atom. The maximum Gasteiger partial charge on any atom is 0.107 e. The predicted octanol–water partition coefficient (Wildman–Crippen LogP) is 3.19. The van der Waals surface area contributed by atoms with Gasteiger partial charge in [0.05, 0.1) is 12.1 Å². The second-order valence-electron chi connectivity index (χ2n) is 4.98. The third-order valence-electron chi connectivity index (χ3n) is 3.58. The van der Waals surface area contributed by atoms with Crippen LogP contribution in [0, 0.1) is 0 Å². The molecule has 19 heavy (non-hydrogen) atoms. The van der Waals surface area contributed by atoms with E-state index in [0.29, 0.717) is 4.99 Å². The first kappa shape index (κ1) is 14.8. The third kappa shape index (κ3) is 3.68. The fourth-order valence-electron chi connectivity index (χ4n) is 2.55. The number of halogens is 1. The Labute approximate surface area is 127 Å². The summed E-state index contributed by atoms with van der Waals surface area (Å²) in [6, 6.07) is 5.89. The molecule has 0 bridgehead atoms. The van der Waals surface area contributed by atoms with Crippen molar-refractivity contribution in [3.05, 3.63) is 28.2 Å². The maximum atomic E-state index is 10.2. The summed E-state index contributed by atoms with van der Waals surface area (Å²) in [5.41, 5.74) is 7.49. The molecule has 2 unspecified atom stereocenters. The highest BCUT2D eigenvalue weighted by atomic mass is 79.9. The Kier molecular flexibility index (Phi) is 5.19. The molecule has 0 amide bonds. The van der Waals surface area contributed by atoms with Crippen molar-refractivity contribution in [2.24, 2.45) is 5.73 Å². The molecule has 104 valence electrons. The van der Waals surface area contributed by atoms with Gasteiger partial charge < -0.3 is 16.2 Å². The molecule has 0 saturated heterocycles. The molecule has 0 aliphatic heterocycles. The second kappa shape index (κ2) is 6.68. The van der Waals surface area contributed by atoms with E-state index in [4.69, 9.17) is 18.0 Å². The van der Waals surface area contributed by atoms with Crippen LogP contribution in [0.25, 0.3) is 0 Å². The van der Waals surface area contributed by atoms with Gasteiger partial charge in [-0.05, 0) is 40.9 Å². The van der Waals surface area contributed by atoms with Gasteiger partial charge in [0.1, 0.15) is 4.99 Å². The van der Waals surface area contributed by atoms with Crippen LogP contribution in [0.5, 0.6) is 0 Å². The summed E-state index contributed by atoms with van der Waals surface area (Å²) in [4.78, 5) is 0.359. The van der Waals surface area contributed by atoms with Crippen LogP contribution in [0.15, 0.2) is 22.7 Å².